The van der Waals surface area contributed by atoms with Crippen molar-refractivity contribution < 1.29 is 9.53 Å². The average Bonchev–Trinajstić information content (AvgIpc) is 2.88. The van der Waals surface area contributed by atoms with E-state index in [0.717, 1.165) is 16.3 Å². The Labute approximate surface area is 134 Å². The van der Waals surface area contributed by atoms with E-state index >= 15 is 0 Å². The Balaban J connectivity index is 1.86. The van der Waals surface area contributed by atoms with Gasteiger partial charge < -0.3 is 9.64 Å². The Morgan fingerprint density at radius 2 is 2.09 bits per heavy atom. The minimum Gasteiger partial charge on any atom is -0.372 e. The molecule has 0 saturated carbocycles. The number of ether oxygens (including phenoxy) is 1. The van der Waals surface area contributed by atoms with Gasteiger partial charge in [-0.3, -0.25) is 9.78 Å². The van der Waals surface area contributed by atoms with E-state index in [9.17, 15) is 4.79 Å². The van der Waals surface area contributed by atoms with E-state index in [1.165, 1.54) is 11.3 Å². The van der Waals surface area contributed by atoms with Crippen molar-refractivity contribution in [1.82, 2.24) is 14.9 Å². The van der Waals surface area contributed by atoms with Crippen LogP contribution in [0.2, 0.25) is 0 Å². The quantitative estimate of drug-likeness (QED) is 0.854. The molecule has 1 saturated heterocycles. The second-order valence-corrected chi connectivity index (χ2v) is 6.64. The molecule has 0 bridgehead atoms. The minimum absolute atomic E-state index is 0.0483. The van der Waals surface area contributed by atoms with Crippen LogP contribution >= 0.6 is 11.3 Å². The molecule has 1 fully saturated rings. The largest absolute Gasteiger partial charge is 0.372 e. The number of morpholine rings is 1. The van der Waals surface area contributed by atoms with E-state index in [1.54, 1.807) is 12.4 Å². The molecule has 0 aliphatic carbocycles. The molecule has 3 rings (SSSR count). The lowest BCUT2D eigenvalue weighted by molar-refractivity contribution is -0.0585. The zero-order valence-corrected chi connectivity index (χ0v) is 13.8. The molecule has 1 aliphatic rings. The summed E-state index contributed by atoms with van der Waals surface area (Å²) in [6.07, 6.45) is 3.63. The summed E-state index contributed by atoms with van der Waals surface area (Å²) < 4.78 is 5.69. The van der Waals surface area contributed by atoms with Crippen molar-refractivity contribution >= 4 is 17.2 Å². The molecule has 2 atom stereocenters. The molecule has 2 unspecified atom stereocenters. The van der Waals surface area contributed by atoms with Gasteiger partial charge in [-0.25, -0.2) is 4.98 Å². The van der Waals surface area contributed by atoms with Crippen molar-refractivity contribution in [2.24, 2.45) is 0 Å². The first-order valence-electron chi connectivity index (χ1n) is 7.37. The van der Waals surface area contributed by atoms with Crippen molar-refractivity contribution in [2.45, 2.75) is 33.0 Å². The first-order valence-corrected chi connectivity index (χ1v) is 8.19. The molecule has 0 radical (unpaired) electrons. The van der Waals surface area contributed by atoms with E-state index in [0.29, 0.717) is 18.0 Å². The van der Waals surface area contributed by atoms with E-state index < -0.39 is 0 Å². The number of thiazole rings is 1. The number of hydrogen-bond donors (Lipinski definition) is 0. The van der Waals surface area contributed by atoms with E-state index in [2.05, 4.69) is 9.97 Å². The Morgan fingerprint density at radius 1 is 1.36 bits per heavy atom. The summed E-state index contributed by atoms with van der Waals surface area (Å²) >= 11 is 1.43. The monoisotopic (exact) mass is 317 g/mol. The number of hydrogen-bond acceptors (Lipinski definition) is 5. The summed E-state index contributed by atoms with van der Waals surface area (Å²) in [5.74, 6) is 0.0483. The number of carbonyl (C=O) groups excluding carboxylic acids is 1. The molecule has 2 aromatic heterocycles. The van der Waals surface area contributed by atoms with Crippen LogP contribution in [0.3, 0.4) is 0 Å². The van der Waals surface area contributed by atoms with Crippen LogP contribution in [0.1, 0.15) is 29.2 Å². The zero-order chi connectivity index (χ0) is 15.7. The van der Waals surface area contributed by atoms with Gasteiger partial charge in [-0.15, -0.1) is 11.3 Å². The van der Waals surface area contributed by atoms with Crippen LogP contribution in [0.5, 0.6) is 0 Å². The van der Waals surface area contributed by atoms with Crippen molar-refractivity contribution in [3.05, 3.63) is 35.1 Å². The first-order chi connectivity index (χ1) is 10.5. The van der Waals surface area contributed by atoms with Crippen LogP contribution < -0.4 is 0 Å². The summed E-state index contributed by atoms with van der Waals surface area (Å²) in [4.78, 5) is 24.0. The highest BCUT2D eigenvalue weighted by molar-refractivity contribution is 7.17. The molecule has 1 aliphatic heterocycles. The van der Waals surface area contributed by atoms with Crippen LogP contribution in [0, 0.1) is 6.92 Å². The SMILES string of the molecule is Cc1nc(-c2cccnc2)sc1C(=O)N1CC(C)OC(C)C1. The molecule has 0 spiro atoms. The fraction of sp³-hybridized carbons (Fsp3) is 0.438. The van der Waals surface area contributed by atoms with Gasteiger partial charge in [0.1, 0.15) is 9.88 Å². The molecule has 0 N–H and O–H groups in total. The summed E-state index contributed by atoms with van der Waals surface area (Å²) in [6.45, 7) is 7.13. The van der Waals surface area contributed by atoms with Gasteiger partial charge >= 0.3 is 0 Å². The van der Waals surface area contributed by atoms with Gasteiger partial charge in [-0.1, -0.05) is 0 Å². The lowest BCUT2D eigenvalue weighted by atomic mass is 10.2. The highest BCUT2D eigenvalue weighted by atomic mass is 32.1. The lowest BCUT2D eigenvalue weighted by Gasteiger charge is -2.35. The van der Waals surface area contributed by atoms with Crippen LogP contribution in [0.4, 0.5) is 0 Å². The second-order valence-electron chi connectivity index (χ2n) is 5.64. The predicted octanol–water partition coefficient (Wildman–Crippen LogP) is 2.76. The van der Waals surface area contributed by atoms with E-state index in [1.807, 2.05) is 37.8 Å². The van der Waals surface area contributed by atoms with Gasteiger partial charge in [0.15, 0.2) is 0 Å². The average molecular weight is 317 g/mol. The molecule has 6 heteroatoms. The standard InChI is InChI=1S/C16H19N3O2S/c1-10-8-19(9-11(2)21-10)16(20)14-12(3)18-15(22-14)13-5-4-6-17-7-13/h4-7,10-11H,8-9H2,1-3H3. The maximum Gasteiger partial charge on any atom is 0.266 e. The van der Waals surface area contributed by atoms with Gasteiger partial charge in [0.25, 0.3) is 5.91 Å². The fourth-order valence-electron chi connectivity index (χ4n) is 2.69. The number of pyridine rings is 1. The summed E-state index contributed by atoms with van der Waals surface area (Å²) in [7, 11) is 0. The maximum atomic E-state index is 12.8. The number of nitrogens with zero attached hydrogens (tertiary/aromatic N) is 3. The molecule has 5 nitrogen and oxygen atoms in total. The third kappa shape index (κ3) is 3.03. The molecule has 3 heterocycles. The summed E-state index contributed by atoms with van der Waals surface area (Å²) in [6, 6.07) is 3.83. The zero-order valence-electron chi connectivity index (χ0n) is 12.9. The topological polar surface area (TPSA) is 55.3 Å². The molecule has 0 aromatic carbocycles. The molecule has 116 valence electrons. The molecular weight excluding hydrogens is 298 g/mol. The Kier molecular flexibility index (Phi) is 4.22. The van der Waals surface area contributed by atoms with Crippen LogP contribution in [0.15, 0.2) is 24.5 Å². The number of rotatable bonds is 2. The maximum absolute atomic E-state index is 12.8. The molecule has 2 aromatic rings. The van der Waals surface area contributed by atoms with Crippen molar-refractivity contribution in [3.63, 3.8) is 0 Å². The van der Waals surface area contributed by atoms with Crippen LogP contribution in [-0.4, -0.2) is 46.1 Å². The predicted molar refractivity (Wildman–Crippen MR) is 86.0 cm³/mol. The van der Waals surface area contributed by atoms with Crippen molar-refractivity contribution in [3.8, 4) is 10.6 Å². The van der Waals surface area contributed by atoms with Crippen molar-refractivity contribution in [2.75, 3.05) is 13.1 Å². The normalized spacial score (nSPS) is 21.9. The number of amides is 1. The van der Waals surface area contributed by atoms with Crippen LogP contribution in [-0.2, 0) is 4.74 Å². The second kappa shape index (κ2) is 6.14. The number of aryl methyl sites for hydroxylation is 1. The Bertz CT molecular complexity index is 661. The lowest BCUT2D eigenvalue weighted by Crippen LogP contribution is -2.48. The molecule has 22 heavy (non-hydrogen) atoms. The summed E-state index contributed by atoms with van der Waals surface area (Å²) in [5.41, 5.74) is 1.72. The number of aromatic nitrogens is 2. The highest BCUT2D eigenvalue weighted by Crippen LogP contribution is 2.29. The highest BCUT2D eigenvalue weighted by Gasteiger charge is 2.29. The minimum atomic E-state index is 0.0483. The Morgan fingerprint density at radius 3 is 2.73 bits per heavy atom. The van der Waals surface area contributed by atoms with Crippen LogP contribution in [0.25, 0.3) is 10.6 Å². The van der Waals surface area contributed by atoms with Gasteiger partial charge in [-0.05, 0) is 32.9 Å². The fourth-order valence-corrected chi connectivity index (χ4v) is 3.72. The van der Waals surface area contributed by atoms with Gasteiger partial charge in [0.05, 0.1) is 17.9 Å². The summed E-state index contributed by atoms with van der Waals surface area (Å²) in [5, 5.41) is 0.836. The van der Waals surface area contributed by atoms with Gasteiger partial charge in [-0.2, -0.15) is 0 Å². The van der Waals surface area contributed by atoms with Gasteiger partial charge in [0, 0.05) is 31.0 Å². The third-order valence-electron chi connectivity index (χ3n) is 3.61. The smallest absolute Gasteiger partial charge is 0.266 e. The first kappa shape index (κ1) is 15.1. The molecular formula is C16H19N3O2S. The molecule has 1 amide bonds. The van der Waals surface area contributed by atoms with E-state index in [-0.39, 0.29) is 18.1 Å². The van der Waals surface area contributed by atoms with E-state index in [4.69, 9.17) is 4.74 Å². The number of carbonyl (C=O) groups is 1. The van der Waals surface area contributed by atoms with Gasteiger partial charge in [0.2, 0.25) is 0 Å². The Hall–Kier alpha value is -1.79. The van der Waals surface area contributed by atoms with Crippen molar-refractivity contribution in [1.29, 1.82) is 0 Å². The third-order valence-corrected chi connectivity index (χ3v) is 4.80.